The van der Waals surface area contributed by atoms with Crippen LogP contribution in [0.2, 0.25) is 0 Å². The molecule has 0 spiro atoms. The number of terminal acetylenes is 1. The van der Waals surface area contributed by atoms with E-state index in [0.717, 1.165) is 25.7 Å². The van der Waals surface area contributed by atoms with E-state index in [9.17, 15) is 4.79 Å². The van der Waals surface area contributed by atoms with E-state index in [-0.39, 0.29) is 0 Å². The standard InChI is InChI=1S/C10H12O2/c1-2-3-4-5-6-7-8-9-10(11)12/h1H,3-7H2,(H,11,12). The molecule has 0 aliphatic carbocycles. The minimum absolute atomic E-state index is 0.650. The normalized spacial score (nSPS) is 7.92. The molecule has 0 aliphatic heterocycles. The molecule has 0 heterocycles. The minimum Gasteiger partial charge on any atom is -0.472 e. The summed E-state index contributed by atoms with van der Waals surface area (Å²) in [6.45, 7) is 0. The van der Waals surface area contributed by atoms with Gasteiger partial charge in [0.05, 0.1) is 0 Å². The van der Waals surface area contributed by atoms with Gasteiger partial charge in [-0.1, -0.05) is 12.3 Å². The van der Waals surface area contributed by atoms with Gasteiger partial charge in [-0.05, 0) is 12.8 Å². The lowest BCUT2D eigenvalue weighted by Crippen LogP contribution is -1.86. The zero-order valence-electron chi connectivity index (χ0n) is 6.97. The Morgan fingerprint density at radius 3 is 2.50 bits per heavy atom. The fraction of sp³-hybridized carbons (Fsp3) is 0.500. The number of carbonyl (C=O) groups is 1. The summed E-state index contributed by atoms with van der Waals surface area (Å²) in [7, 11) is 0. The predicted molar refractivity (Wildman–Crippen MR) is 47.3 cm³/mol. The van der Waals surface area contributed by atoms with Crippen LogP contribution >= 0.6 is 0 Å². The molecule has 2 heteroatoms. The van der Waals surface area contributed by atoms with Gasteiger partial charge in [-0.2, -0.15) is 0 Å². The zero-order valence-corrected chi connectivity index (χ0v) is 6.97. The van der Waals surface area contributed by atoms with E-state index in [2.05, 4.69) is 17.8 Å². The molecule has 12 heavy (non-hydrogen) atoms. The molecule has 0 unspecified atom stereocenters. The van der Waals surface area contributed by atoms with Gasteiger partial charge in [-0.3, -0.25) is 0 Å². The number of carboxylic acids is 1. The molecule has 0 saturated heterocycles. The highest BCUT2D eigenvalue weighted by Crippen LogP contribution is 2.00. The average molecular weight is 164 g/mol. The highest BCUT2D eigenvalue weighted by atomic mass is 16.4. The van der Waals surface area contributed by atoms with Crippen molar-refractivity contribution in [3.05, 3.63) is 0 Å². The van der Waals surface area contributed by atoms with Crippen LogP contribution in [0.3, 0.4) is 0 Å². The number of unbranched alkanes of at least 4 members (excludes halogenated alkanes) is 4. The molecule has 0 aromatic heterocycles. The maximum Gasteiger partial charge on any atom is 0.381 e. The summed E-state index contributed by atoms with van der Waals surface area (Å²) in [5.74, 6) is 6.11. The van der Waals surface area contributed by atoms with Crippen molar-refractivity contribution in [3.8, 4) is 24.2 Å². The lowest BCUT2D eigenvalue weighted by atomic mass is 10.1. The molecule has 1 N–H and O–H groups in total. The molecule has 0 rings (SSSR count). The predicted octanol–water partition coefficient (Wildman–Crippen LogP) is 1.66. The molecule has 0 atom stereocenters. The maximum atomic E-state index is 9.93. The van der Waals surface area contributed by atoms with E-state index in [1.807, 2.05) is 0 Å². The van der Waals surface area contributed by atoms with Crippen LogP contribution in [0.15, 0.2) is 0 Å². The van der Waals surface area contributed by atoms with Crippen LogP contribution in [0.1, 0.15) is 32.1 Å². The van der Waals surface area contributed by atoms with Crippen LogP contribution in [0.4, 0.5) is 0 Å². The first kappa shape index (κ1) is 10.6. The molecule has 0 radical (unpaired) electrons. The first-order valence-electron chi connectivity index (χ1n) is 3.92. The first-order chi connectivity index (χ1) is 5.77. The molecule has 0 aromatic rings. The summed E-state index contributed by atoms with van der Waals surface area (Å²) in [5, 5.41) is 8.15. The van der Waals surface area contributed by atoms with Crippen molar-refractivity contribution in [1.82, 2.24) is 0 Å². The molecule has 0 aromatic carbocycles. The summed E-state index contributed by atoms with van der Waals surface area (Å²) in [4.78, 5) is 9.93. The van der Waals surface area contributed by atoms with Crippen LogP contribution in [0, 0.1) is 24.2 Å². The number of hydrogen-bond acceptors (Lipinski definition) is 1. The third kappa shape index (κ3) is 8.59. The summed E-state index contributed by atoms with van der Waals surface area (Å²) in [5.41, 5.74) is 0. The van der Waals surface area contributed by atoms with E-state index in [1.54, 1.807) is 0 Å². The molecular formula is C10H12O2. The SMILES string of the molecule is C#CCCCCCC#CC(=O)O. The van der Waals surface area contributed by atoms with Gasteiger partial charge in [-0.25, -0.2) is 4.79 Å². The Hall–Kier alpha value is -1.41. The van der Waals surface area contributed by atoms with Crippen LogP contribution in [-0.4, -0.2) is 11.1 Å². The number of carboxylic acid groups (broad SMARTS) is 1. The zero-order chi connectivity index (χ0) is 9.23. The van der Waals surface area contributed by atoms with E-state index in [4.69, 9.17) is 11.5 Å². The van der Waals surface area contributed by atoms with Crippen LogP contribution < -0.4 is 0 Å². The quantitative estimate of drug-likeness (QED) is 0.506. The van der Waals surface area contributed by atoms with E-state index >= 15 is 0 Å². The third-order valence-corrected chi connectivity index (χ3v) is 1.32. The van der Waals surface area contributed by atoms with Crippen LogP contribution in [0.5, 0.6) is 0 Å². The van der Waals surface area contributed by atoms with Crippen molar-refractivity contribution in [1.29, 1.82) is 0 Å². The average Bonchev–Trinajstić information content (AvgIpc) is 2.02. The molecular weight excluding hydrogens is 152 g/mol. The molecule has 0 saturated carbocycles. The highest BCUT2D eigenvalue weighted by molar-refractivity contribution is 5.86. The monoisotopic (exact) mass is 164 g/mol. The van der Waals surface area contributed by atoms with Crippen molar-refractivity contribution < 1.29 is 9.90 Å². The molecule has 64 valence electrons. The highest BCUT2D eigenvalue weighted by Gasteiger charge is 1.86. The van der Waals surface area contributed by atoms with Gasteiger partial charge in [0.15, 0.2) is 0 Å². The Balaban J connectivity index is 3.19. The van der Waals surface area contributed by atoms with Crippen molar-refractivity contribution in [2.75, 3.05) is 0 Å². The smallest absolute Gasteiger partial charge is 0.381 e. The van der Waals surface area contributed by atoms with Crippen molar-refractivity contribution in [2.24, 2.45) is 0 Å². The number of rotatable bonds is 4. The number of hydrogen-bond donors (Lipinski definition) is 1. The second-order valence-electron chi connectivity index (χ2n) is 2.37. The van der Waals surface area contributed by atoms with Crippen LogP contribution in [-0.2, 0) is 4.79 Å². The minimum atomic E-state index is -1.06. The van der Waals surface area contributed by atoms with Crippen LogP contribution in [0.25, 0.3) is 0 Å². The fourth-order valence-electron chi connectivity index (χ4n) is 0.755. The molecule has 0 bridgehead atoms. The lowest BCUT2D eigenvalue weighted by Gasteiger charge is -1.90. The molecule has 0 fully saturated rings. The largest absolute Gasteiger partial charge is 0.472 e. The Labute approximate surface area is 73.0 Å². The first-order valence-corrected chi connectivity index (χ1v) is 3.92. The summed E-state index contributed by atoms with van der Waals surface area (Å²) < 4.78 is 0. The lowest BCUT2D eigenvalue weighted by molar-refractivity contribution is -0.130. The van der Waals surface area contributed by atoms with Crippen molar-refractivity contribution in [3.63, 3.8) is 0 Å². The number of aliphatic carboxylic acids is 1. The summed E-state index contributed by atoms with van der Waals surface area (Å²) in [6.07, 6.45) is 9.47. The molecule has 0 amide bonds. The van der Waals surface area contributed by atoms with E-state index in [0.29, 0.717) is 6.42 Å². The Bertz CT molecular complexity index is 224. The second kappa shape index (κ2) is 7.69. The Morgan fingerprint density at radius 1 is 1.25 bits per heavy atom. The topological polar surface area (TPSA) is 37.3 Å². The van der Waals surface area contributed by atoms with Crippen molar-refractivity contribution in [2.45, 2.75) is 32.1 Å². The van der Waals surface area contributed by atoms with E-state index in [1.165, 1.54) is 0 Å². The van der Waals surface area contributed by atoms with Gasteiger partial charge >= 0.3 is 5.97 Å². The van der Waals surface area contributed by atoms with Crippen molar-refractivity contribution >= 4 is 5.97 Å². The van der Waals surface area contributed by atoms with Gasteiger partial charge in [0.1, 0.15) is 0 Å². The fourth-order valence-corrected chi connectivity index (χ4v) is 0.755. The molecule has 0 aliphatic rings. The summed E-state index contributed by atoms with van der Waals surface area (Å²) in [6, 6.07) is 0. The van der Waals surface area contributed by atoms with Gasteiger partial charge in [0.25, 0.3) is 0 Å². The van der Waals surface area contributed by atoms with Gasteiger partial charge in [-0.15, -0.1) is 12.3 Å². The maximum absolute atomic E-state index is 9.93. The van der Waals surface area contributed by atoms with Gasteiger partial charge < -0.3 is 5.11 Å². The Kier molecular flexibility index (Phi) is 6.79. The second-order valence-corrected chi connectivity index (χ2v) is 2.37. The third-order valence-electron chi connectivity index (χ3n) is 1.32. The molecule has 2 nitrogen and oxygen atoms in total. The Morgan fingerprint density at radius 2 is 1.92 bits per heavy atom. The summed E-state index contributed by atoms with van der Waals surface area (Å²) >= 11 is 0. The van der Waals surface area contributed by atoms with Gasteiger partial charge in [0, 0.05) is 18.8 Å². The van der Waals surface area contributed by atoms with Gasteiger partial charge in [0.2, 0.25) is 0 Å². The van der Waals surface area contributed by atoms with E-state index < -0.39 is 5.97 Å².